The van der Waals surface area contributed by atoms with Gasteiger partial charge in [0.25, 0.3) is 0 Å². The number of para-hydroxylation sites is 1. The number of carbonyl (C=O) groups excluding carboxylic acids is 1. The van der Waals surface area contributed by atoms with Crippen molar-refractivity contribution in [2.75, 3.05) is 6.54 Å². The van der Waals surface area contributed by atoms with Gasteiger partial charge in [0.1, 0.15) is 5.58 Å². The van der Waals surface area contributed by atoms with Gasteiger partial charge in [0, 0.05) is 17.5 Å². The number of rotatable bonds is 5. The highest BCUT2D eigenvalue weighted by Crippen LogP contribution is 2.31. The maximum absolute atomic E-state index is 12.2. The van der Waals surface area contributed by atoms with Crippen LogP contribution in [0, 0.1) is 6.92 Å². The lowest BCUT2D eigenvalue weighted by atomic mass is 10.1. The Bertz CT molecular complexity index is 1050. The summed E-state index contributed by atoms with van der Waals surface area (Å²) in [7, 11) is 0. The predicted octanol–water partition coefficient (Wildman–Crippen LogP) is 3.76. The van der Waals surface area contributed by atoms with E-state index in [0.29, 0.717) is 12.3 Å². The quantitative estimate of drug-likeness (QED) is 0.594. The van der Waals surface area contributed by atoms with Gasteiger partial charge in [-0.15, -0.1) is 0 Å². The van der Waals surface area contributed by atoms with Crippen molar-refractivity contribution >= 4 is 16.9 Å². The second-order valence-electron chi connectivity index (χ2n) is 5.97. The number of fused-ring (bicyclic) bond motifs is 1. The summed E-state index contributed by atoms with van der Waals surface area (Å²) >= 11 is 0. The van der Waals surface area contributed by atoms with E-state index in [1.807, 2.05) is 61.5 Å². The molecule has 0 radical (unpaired) electrons. The van der Waals surface area contributed by atoms with Gasteiger partial charge in [-0.25, -0.2) is 0 Å². The molecule has 2 heterocycles. The molecular weight excluding hydrogens is 330 g/mol. The van der Waals surface area contributed by atoms with E-state index in [2.05, 4.69) is 15.5 Å². The zero-order valence-corrected chi connectivity index (χ0v) is 14.2. The molecule has 0 bridgehead atoms. The third kappa shape index (κ3) is 3.09. The zero-order valence-electron chi connectivity index (χ0n) is 14.2. The summed E-state index contributed by atoms with van der Waals surface area (Å²) < 4.78 is 10.9. The fourth-order valence-corrected chi connectivity index (χ4v) is 2.84. The largest absolute Gasteiger partial charge is 0.452 e. The van der Waals surface area contributed by atoms with Crippen LogP contribution in [-0.2, 0) is 6.42 Å². The van der Waals surface area contributed by atoms with Gasteiger partial charge in [-0.1, -0.05) is 53.7 Å². The van der Waals surface area contributed by atoms with Crippen molar-refractivity contribution < 1.29 is 13.7 Å². The van der Waals surface area contributed by atoms with Gasteiger partial charge in [-0.05, 0) is 25.0 Å². The summed E-state index contributed by atoms with van der Waals surface area (Å²) in [5, 5.41) is 7.66. The van der Waals surface area contributed by atoms with Gasteiger partial charge in [0.15, 0.2) is 5.76 Å². The van der Waals surface area contributed by atoms with Crippen molar-refractivity contribution in [2.24, 2.45) is 0 Å². The molecular formula is C20H17N3O3. The second-order valence-corrected chi connectivity index (χ2v) is 5.97. The van der Waals surface area contributed by atoms with E-state index in [1.165, 1.54) is 0 Å². The van der Waals surface area contributed by atoms with E-state index >= 15 is 0 Å². The minimum atomic E-state index is -0.395. The molecule has 0 aliphatic carbocycles. The van der Waals surface area contributed by atoms with Crippen LogP contribution in [0.15, 0.2) is 63.5 Å². The maximum Gasteiger partial charge on any atom is 0.316 e. The molecule has 4 aromatic rings. The number of aryl methyl sites for hydroxylation is 1. The molecule has 0 fully saturated rings. The van der Waals surface area contributed by atoms with E-state index in [4.69, 9.17) is 8.94 Å². The summed E-state index contributed by atoms with van der Waals surface area (Å²) in [6.45, 7) is 2.42. The van der Waals surface area contributed by atoms with Crippen LogP contribution in [-0.4, -0.2) is 22.6 Å². The molecule has 0 spiro atoms. The second kappa shape index (κ2) is 6.84. The minimum absolute atomic E-state index is 0.0760. The number of hydrogen-bond donors (Lipinski definition) is 1. The van der Waals surface area contributed by atoms with Crippen molar-refractivity contribution in [3.63, 3.8) is 0 Å². The smallest absolute Gasteiger partial charge is 0.316 e. The number of aromatic nitrogens is 2. The lowest BCUT2D eigenvalue weighted by molar-refractivity contribution is 0.0910. The van der Waals surface area contributed by atoms with Crippen molar-refractivity contribution in [1.29, 1.82) is 0 Å². The molecule has 1 amide bonds. The number of furan rings is 1. The van der Waals surface area contributed by atoms with Gasteiger partial charge in [0.2, 0.25) is 5.82 Å². The topological polar surface area (TPSA) is 81.2 Å². The lowest BCUT2D eigenvalue weighted by Crippen LogP contribution is -2.25. The van der Waals surface area contributed by atoms with Crippen LogP contribution >= 0.6 is 0 Å². The molecule has 4 rings (SSSR count). The van der Waals surface area contributed by atoms with Crippen molar-refractivity contribution in [2.45, 2.75) is 13.3 Å². The Morgan fingerprint density at radius 3 is 2.65 bits per heavy atom. The van der Waals surface area contributed by atoms with Crippen molar-refractivity contribution in [3.8, 4) is 11.6 Å². The highest BCUT2D eigenvalue weighted by molar-refractivity contribution is 5.90. The third-order valence-electron chi connectivity index (χ3n) is 4.21. The summed E-state index contributed by atoms with van der Waals surface area (Å²) in [4.78, 5) is 16.4. The number of carbonyl (C=O) groups is 1. The van der Waals surface area contributed by atoms with Gasteiger partial charge in [-0.2, -0.15) is 4.98 Å². The van der Waals surface area contributed by atoms with Crippen LogP contribution in [0.2, 0.25) is 0 Å². The highest BCUT2D eigenvalue weighted by atomic mass is 16.5. The Balaban J connectivity index is 1.46. The molecule has 6 heteroatoms. The minimum Gasteiger partial charge on any atom is -0.452 e. The van der Waals surface area contributed by atoms with Crippen molar-refractivity contribution in [3.05, 3.63) is 71.6 Å². The zero-order chi connectivity index (χ0) is 17.9. The normalized spacial score (nSPS) is 11.0. The first-order valence-electron chi connectivity index (χ1n) is 8.37. The fourth-order valence-electron chi connectivity index (χ4n) is 2.84. The maximum atomic E-state index is 12.2. The standard InChI is InChI=1S/C20H17N3O3/c1-13-15-9-5-6-10-16(15)25-17(13)18-22-20(26-23-18)19(24)21-12-11-14-7-3-2-4-8-14/h2-10H,11-12H2,1H3,(H,21,24). The molecule has 0 saturated carbocycles. The summed E-state index contributed by atoms with van der Waals surface area (Å²) in [6.07, 6.45) is 0.732. The monoisotopic (exact) mass is 347 g/mol. The molecule has 0 aliphatic rings. The van der Waals surface area contributed by atoms with E-state index in [1.54, 1.807) is 0 Å². The molecule has 2 aromatic carbocycles. The Kier molecular flexibility index (Phi) is 4.23. The molecule has 26 heavy (non-hydrogen) atoms. The van der Waals surface area contributed by atoms with Gasteiger partial charge in [-0.3, -0.25) is 4.79 Å². The van der Waals surface area contributed by atoms with Crippen LogP contribution in [0.5, 0.6) is 0 Å². The predicted molar refractivity (Wildman–Crippen MR) is 96.7 cm³/mol. The number of amides is 1. The Labute approximate surface area is 149 Å². The first-order valence-corrected chi connectivity index (χ1v) is 8.37. The molecule has 1 N–H and O–H groups in total. The van der Waals surface area contributed by atoms with E-state index in [9.17, 15) is 4.79 Å². The number of hydrogen-bond acceptors (Lipinski definition) is 5. The first kappa shape index (κ1) is 16.1. The number of benzene rings is 2. The first-order chi connectivity index (χ1) is 12.7. The molecule has 130 valence electrons. The molecule has 0 unspecified atom stereocenters. The highest BCUT2D eigenvalue weighted by Gasteiger charge is 2.20. The van der Waals surface area contributed by atoms with Crippen molar-refractivity contribution in [1.82, 2.24) is 15.5 Å². The Morgan fingerprint density at radius 2 is 1.85 bits per heavy atom. The van der Waals surface area contributed by atoms with E-state index < -0.39 is 5.91 Å². The third-order valence-corrected chi connectivity index (χ3v) is 4.21. The average Bonchev–Trinajstić information content (AvgIpc) is 3.28. The molecule has 0 aliphatic heterocycles. The van der Waals surface area contributed by atoms with Gasteiger partial charge < -0.3 is 14.3 Å². The average molecular weight is 347 g/mol. The fraction of sp³-hybridized carbons (Fsp3) is 0.150. The van der Waals surface area contributed by atoms with Crippen LogP contribution in [0.1, 0.15) is 21.8 Å². The lowest BCUT2D eigenvalue weighted by Gasteiger charge is -2.02. The SMILES string of the molecule is Cc1c(-c2noc(C(=O)NCCc3ccccc3)n2)oc2ccccc12. The molecule has 2 aromatic heterocycles. The Hall–Kier alpha value is -3.41. The molecule has 0 atom stereocenters. The summed E-state index contributed by atoms with van der Waals surface area (Å²) in [6, 6.07) is 17.6. The molecule has 6 nitrogen and oxygen atoms in total. The van der Waals surface area contributed by atoms with E-state index in [0.717, 1.165) is 28.5 Å². The number of nitrogens with zero attached hydrogens (tertiary/aromatic N) is 2. The summed E-state index contributed by atoms with van der Waals surface area (Å²) in [5.41, 5.74) is 2.81. The van der Waals surface area contributed by atoms with Gasteiger partial charge in [0.05, 0.1) is 0 Å². The van der Waals surface area contributed by atoms with Crippen LogP contribution in [0.3, 0.4) is 0 Å². The summed E-state index contributed by atoms with van der Waals surface area (Å²) in [5.74, 6) is 0.312. The van der Waals surface area contributed by atoms with E-state index in [-0.39, 0.29) is 11.7 Å². The molecule has 0 saturated heterocycles. The van der Waals surface area contributed by atoms with Crippen LogP contribution in [0.25, 0.3) is 22.6 Å². The Morgan fingerprint density at radius 1 is 1.08 bits per heavy atom. The van der Waals surface area contributed by atoms with Crippen LogP contribution in [0.4, 0.5) is 0 Å². The number of nitrogens with one attached hydrogen (secondary N) is 1. The van der Waals surface area contributed by atoms with Crippen LogP contribution < -0.4 is 5.32 Å². The van der Waals surface area contributed by atoms with Gasteiger partial charge >= 0.3 is 11.8 Å².